The van der Waals surface area contributed by atoms with Gasteiger partial charge in [0.05, 0.1) is 25.4 Å². The SMILES string of the molecule is CC/C=C\C/C=C\C/C=C\C/C=C\C/C=C\CCCCCC(=O)NC(COC1OC(CO)C(O)C(O)C1O)C(O)/C=C/CCCCCCCCCCCCCCC. The Morgan fingerprint density at radius 3 is 1.61 bits per heavy atom. The quantitative estimate of drug-likeness (QED) is 0.0271. The van der Waals surface area contributed by atoms with E-state index in [1.54, 1.807) is 6.08 Å². The van der Waals surface area contributed by atoms with Gasteiger partial charge in [0.1, 0.15) is 24.4 Å². The lowest BCUT2D eigenvalue weighted by atomic mass is 9.99. The predicted octanol–water partition coefficient (Wildman–Crippen LogP) is 9.39. The summed E-state index contributed by atoms with van der Waals surface area (Å²) in [5.41, 5.74) is 0. The van der Waals surface area contributed by atoms with E-state index in [9.17, 15) is 30.3 Å². The summed E-state index contributed by atoms with van der Waals surface area (Å²) < 4.78 is 11.2. The van der Waals surface area contributed by atoms with Crippen LogP contribution < -0.4 is 5.32 Å². The molecule has 1 amide bonds. The van der Waals surface area contributed by atoms with Gasteiger partial charge >= 0.3 is 0 Å². The number of aliphatic hydroxyl groups excluding tert-OH is 5. The molecule has 0 aromatic heterocycles. The highest BCUT2D eigenvalue weighted by molar-refractivity contribution is 5.76. The fraction of sp³-hybridized carbons (Fsp3) is 0.729. The van der Waals surface area contributed by atoms with Crippen molar-refractivity contribution in [3.05, 3.63) is 72.9 Å². The maximum Gasteiger partial charge on any atom is 0.220 e. The summed E-state index contributed by atoms with van der Waals surface area (Å²) in [5.74, 6) is -0.212. The molecule has 1 saturated heterocycles. The molecule has 0 spiro atoms. The number of carbonyl (C=O) groups is 1. The van der Waals surface area contributed by atoms with E-state index in [4.69, 9.17) is 9.47 Å². The number of rotatable bonds is 36. The van der Waals surface area contributed by atoms with Gasteiger partial charge in [-0.3, -0.25) is 4.79 Å². The summed E-state index contributed by atoms with van der Waals surface area (Å²) in [6.45, 7) is 3.62. The van der Waals surface area contributed by atoms with Crippen LogP contribution in [0, 0.1) is 0 Å². The number of unbranched alkanes of at least 4 members (excludes halogenated alkanes) is 16. The van der Waals surface area contributed by atoms with Gasteiger partial charge in [-0.25, -0.2) is 0 Å². The van der Waals surface area contributed by atoms with Crippen molar-refractivity contribution in [3.63, 3.8) is 0 Å². The molecule has 57 heavy (non-hydrogen) atoms. The first-order valence-electron chi connectivity index (χ1n) is 22.7. The standard InChI is InChI=1S/C48H83NO8/c1-3-5-7-9-11-13-15-17-19-20-21-22-24-26-28-30-32-34-36-38-44(52)49-41(40-56-48-47(55)46(54)45(53)43(39-50)57-48)42(51)37-35-33-31-29-27-25-23-18-16-14-12-10-8-6-4-2/h5,7,11,13,17,19,21-22,26,28,35,37,41-43,45-48,50-51,53-55H,3-4,6,8-10,12,14-16,18,20,23-25,27,29-34,36,38-40H2,1-2H3,(H,49,52)/b7-5-,13-11-,19-17-,22-21-,28-26-,37-35+. The highest BCUT2D eigenvalue weighted by Gasteiger charge is 2.44. The minimum Gasteiger partial charge on any atom is -0.394 e. The van der Waals surface area contributed by atoms with Crippen molar-refractivity contribution >= 4 is 5.91 Å². The molecule has 7 unspecified atom stereocenters. The van der Waals surface area contributed by atoms with Crippen LogP contribution in [-0.2, 0) is 14.3 Å². The summed E-state index contributed by atoms with van der Waals surface area (Å²) >= 11 is 0. The molecule has 7 atom stereocenters. The largest absolute Gasteiger partial charge is 0.394 e. The zero-order valence-corrected chi connectivity index (χ0v) is 35.8. The molecule has 6 N–H and O–H groups in total. The normalized spacial score (nSPS) is 21.7. The summed E-state index contributed by atoms with van der Waals surface area (Å²) in [6.07, 6.45) is 43.6. The third-order valence-corrected chi connectivity index (χ3v) is 10.3. The molecule has 0 aromatic carbocycles. The monoisotopic (exact) mass is 802 g/mol. The Labute approximate surface area is 347 Å². The number of carbonyl (C=O) groups excluding carboxylic acids is 1. The summed E-state index contributed by atoms with van der Waals surface area (Å²) in [6, 6.07) is -0.825. The molecule has 0 radical (unpaired) electrons. The molecule has 0 aromatic rings. The van der Waals surface area contributed by atoms with Gasteiger partial charge in [0.25, 0.3) is 0 Å². The van der Waals surface area contributed by atoms with Crippen LogP contribution in [0.15, 0.2) is 72.9 Å². The van der Waals surface area contributed by atoms with E-state index in [0.717, 1.165) is 70.6 Å². The predicted molar refractivity (Wildman–Crippen MR) is 235 cm³/mol. The number of hydrogen-bond donors (Lipinski definition) is 6. The molecule has 0 saturated carbocycles. The van der Waals surface area contributed by atoms with Crippen molar-refractivity contribution in [2.24, 2.45) is 0 Å². The second-order valence-electron chi connectivity index (χ2n) is 15.5. The van der Waals surface area contributed by atoms with Crippen molar-refractivity contribution in [2.75, 3.05) is 13.2 Å². The zero-order valence-electron chi connectivity index (χ0n) is 35.8. The average Bonchev–Trinajstić information content (AvgIpc) is 3.21. The molecule has 1 heterocycles. The lowest BCUT2D eigenvalue weighted by Crippen LogP contribution is -2.60. The number of hydrogen-bond acceptors (Lipinski definition) is 8. The summed E-state index contributed by atoms with van der Waals surface area (Å²) in [7, 11) is 0. The Balaban J connectivity index is 2.41. The van der Waals surface area contributed by atoms with Crippen molar-refractivity contribution in [1.29, 1.82) is 0 Å². The van der Waals surface area contributed by atoms with E-state index >= 15 is 0 Å². The molecule has 328 valence electrons. The van der Waals surface area contributed by atoms with E-state index in [1.807, 2.05) is 6.08 Å². The topological polar surface area (TPSA) is 149 Å². The first kappa shape index (κ1) is 52.6. The fourth-order valence-electron chi connectivity index (χ4n) is 6.65. The smallest absolute Gasteiger partial charge is 0.220 e. The van der Waals surface area contributed by atoms with E-state index in [1.165, 1.54) is 70.6 Å². The van der Waals surface area contributed by atoms with Crippen LogP contribution in [0.3, 0.4) is 0 Å². The van der Waals surface area contributed by atoms with Gasteiger partial charge in [0.15, 0.2) is 6.29 Å². The Morgan fingerprint density at radius 2 is 1.09 bits per heavy atom. The fourth-order valence-corrected chi connectivity index (χ4v) is 6.65. The third-order valence-electron chi connectivity index (χ3n) is 10.3. The molecular formula is C48H83NO8. The van der Waals surface area contributed by atoms with Crippen LogP contribution in [0.25, 0.3) is 0 Å². The second-order valence-corrected chi connectivity index (χ2v) is 15.5. The highest BCUT2D eigenvalue weighted by Crippen LogP contribution is 2.22. The van der Waals surface area contributed by atoms with E-state index in [2.05, 4.69) is 79.9 Å². The zero-order chi connectivity index (χ0) is 41.6. The lowest BCUT2D eigenvalue weighted by Gasteiger charge is -2.40. The average molecular weight is 802 g/mol. The van der Waals surface area contributed by atoms with Crippen molar-refractivity contribution in [2.45, 2.75) is 211 Å². The van der Waals surface area contributed by atoms with Crippen molar-refractivity contribution < 1.29 is 39.8 Å². The number of ether oxygens (including phenoxy) is 2. The maximum atomic E-state index is 12.9. The highest BCUT2D eigenvalue weighted by atomic mass is 16.7. The molecule has 1 rings (SSSR count). The Bertz CT molecular complexity index is 1120. The van der Waals surface area contributed by atoms with Gasteiger partial charge in [-0.15, -0.1) is 0 Å². The molecule has 0 bridgehead atoms. The third kappa shape index (κ3) is 28.7. The Hall–Kier alpha value is -2.37. The first-order valence-corrected chi connectivity index (χ1v) is 22.7. The molecule has 0 aliphatic carbocycles. The van der Waals surface area contributed by atoms with Gasteiger partial charge in [-0.2, -0.15) is 0 Å². The van der Waals surface area contributed by atoms with Gasteiger partial charge in [-0.05, 0) is 64.2 Å². The van der Waals surface area contributed by atoms with Gasteiger partial charge in [-0.1, -0.05) is 170 Å². The summed E-state index contributed by atoms with van der Waals surface area (Å²) in [5, 5.41) is 54.1. The van der Waals surface area contributed by atoms with Crippen LogP contribution >= 0.6 is 0 Å². The molecule has 1 fully saturated rings. The van der Waals surface area contributed by atoms with Crippen LogP contribution in [0.5, 0.6) is 0 Å². The molecule has 9 heteroatoms. The van der Waals surface area contributed by atoms with E-state index in [-0.39, 0.29) is 12.5 Å². The Morgan fingerprint density at radius 1 is 0.614 bits per heavy atom. The van der Waals surface area contributed by atoms with Gasteiger partial charge in [0, 0.05) is 6.42 Å². The van der Waals surface area contributed by atoms with E-state index < -0.39 is 49.5 Å². The minimum absolute atomic E-state index is 0.206. The van der Waals surface area contributed by atoms with Crippen LogP contribution in [0.2, 0.25) is 0 Å². The van der Waals surface area contributed by atoms with Gasteiger partial charge < -0.3 is 40.3 Å². The number of amides is 1. The second kappa shape index (κ2) is 37.9. The summed E-state index contributed by atoms with van der Waals surface area (Å²) in [4.78, 5) is 12.9. The maximum absolute atomic E-state index is 12.9. The van der Waals surface area contributed by atoms with Crippen LogP contribution in [-0.4, -0.2) is 87.5 Å². The number of nitrogens with one attached hydrogen (secondary N) is 1. The molecular weight excluding hydrogens is 719 g/mol. The van der Waals surface area contributed by atoms with Crippen molar-refractivity contribution in [3.8, 4) is 0 Å². The van der Waals surface area contributed by atoms with Crippen molar-refractivity contribution in [1.82, 2.24) is 5.32 Å². The van der Waals surface area contributed by atoms with E-state index in [0.29, 0.717) is 12.8 Å². The Kier molecular flexibility index (Phi) is 35.0. The number of aliphatic hydroxyl groups is 5. The molecule has 1 aliphatic heterocycles. The molecule has 9 nitrogen and oxygen atoms in total. The van der Waals surface area contributed by atoms with Gasteiger partial charge in [0.2, 0.25) is 5.91 Å². The first-order chi connectivity index (χ1) is 27.8. The number of allylic oxidation sites excluding steroid dienone is 11. The van der Waals surface area contributed by atoms with Crippen LogP contribution in [0.1, 0.15) is 168 Å². The lowest BCUT2D eigenvalue weighted by molar-refractivity contribution is -0.302. The minimum atomic E-state index is -1.58. The molecule has 1 aliphatic rings. The van der Waals surface area contributed by atoms with Crippen LogP contribution in [0.4, 0.5) is 0 Å².